The topological polar surface area (TPSA) is 75.1 Å². The van der Waals surface area contributed by atoms with Crippen LogP contribution in [-0.2, 0) is 24.2 Å². The SMILES string of the molecule is Cc1cn(Cc2cccc(NC(=O)[C@H]3CN([C@H]4c5ccc(Cl)cc5CCc5cc(Br)cnc54)CCN3)c2)cn1. The molecule has 1 aliphatic heterocycles. The van der Waals surface area contributed by atoms with Crippen LogP contribution in [0.2, 0.25) is 5.02 Å². The molecule has 2 aliphatic rings. The number of halogens is 2. The molecule has 1 saturated heterocycles. The van der Waals surface area contributed by atoms with E-state index < -0.39 is 0 Å². The van der Waals surface area contributed by atoms with Gasteiger partial charge in [0.25, 0.3) is 0 Å². The number of carbonyl (C=O) groups excluding carboxylic acids is 1. The zero-order valence-corrected chi connectivity index (χ0v) is 24.0. The maximum Gasteiger partial charge on any atom is 0.242 e. The van der Waals surface area contributed by atoms with E-state index in [0.29, 0.717) is 19.6 Å². The lowest BCUT2D eigenvalue weighted by Crippen LogP contribution is -2.56. The molecule has 0 spiro atoms. The highest BCUT2D eigenvalue weighted by atomic mass is 79.9. The van der Waals surface area contributed by atoms with E-state index >= 15 is 0 Å². The largest absolute Gasteiger partial charge is 0.333 e. The van der Waals surface area contributed by atoms with Crippen LogP contribution in [0.3, 0.4) is 0 Å². The number of imidazole rings is 1. The second-order valence-electron chi connectivity index (χ2n) is 10.3. The number of amides is 1. The van der Waals surface area contributed by atoms with Crippen molar-refractivity contribution < 1.29 is 4.79 Å². The number of piperazine rings is 1. The molecule has 3 heterocycles. The molecule has 9 heteroatoms. The molecule has 1 aliphatic carbocycles. The summed E-state index contributed by atoms with van der Waals surface area (Å²) in [6.45, 7) is 4.78. The summed E-state index contributed by atoms with van der Waals surface area (Å²) in [5.74, 6) is -0.0377. The molecule has 39 heavy (non-hydrogen) atoms. The third kappa shape index (κ3) is 5.79. The first-order valence-corrected chi connectivity index (χ1v) is 14.4. The van der Waals surface area contributed by atoms with Crippen LogP contribution in [0.5, 0.6) is 0 Å². The quantitative estimate of drug-likeness (QED) is 0.329. The lowest BCUT2D eigenvalue weighted by atomic mass is 9.95. The maximum absolute atomic E-state index is 13.5. The van der Waals surface area contributed by atoms with Crippen LogP contribution >= 0.6 is 27.5 Å². The Kier molecular flexibility index (Phi) is 7.53. The minimum Gasteiger partial charge on any atom is -0.333 e. The number of hydrogen-bond acceptors (Lipinski definition) is 5. The van der Waals surface area contributed by atoms with E-state index in [1.807, 2.05) is 54.5 Å². The van der Waals surface area contributed by atoms with E-state index in [-0.39, 0.29) is 18.0 Å². The van der Waals surface area contributed by atoms with Crippen molar-refractivity contribution in [3.63, 3.8) is 0 Å². The van der Waals surface area contributed by atoms with Crippen LogP contribution < -0.4 is 10.6 Å². The fourth-order valence-electron chi connectivity index (χ4n) is 5.71. The van der Waals surface area contributed by atoms with Crippen molar-refractivity contribution in [3.05, 3.63) is 110 Å². The lowest BCUT2D eigenvalue weighted by molar-refractivity contribution is -0.119. The van der Waals surface area contributed by atoms with Crippen LogP contribution in [0, 0.1) is 6.92 Å². The van der Waals surface area contributed by atoms with E-state index in [2.05, 4.69) is 60.7 Å². The van der Waals surface area contributed by atoms with Gasteiger partial charge in [-0.3, -0.25) is 14.7 Å². The Morgan fingerprint density at radius 2 is 2.03 bits per heavy atom. The van der Waals surface area contributed by atoms with Crippen molar-refractivity contribution in [2.75, 3.05) is 25.0 Å². The normalized spacial score (nSPS) is 19.2. The monoisotopic (exact) mass is 604 g/mol. The molecule has 2 aromatic heterocycles. The predicted molar refractivity (Wildman–Crippen MR) is 157 cm³/mol. The number of hydrogen-bond donors (Lipinski definition) is 2. The highest BCUT2D eigenvalue weighted by Crippen LogP contribution is 2.38. The summed E-state index contributed by atoms with van der Waals surface area (Å²) in [7, 11) is 0. The lowest BCUT2D eigenvalue weighted by Gasteiger charge is -2.39. The maximum atomic E-state index is 13.5. The van der Waals surface area contributed by atoms with Gasteiger partial charge in [-0.1, -0.05) is 29.8 Å². The number of fused-ring (bicyclic) bond motifs is 2. The molecule has 7 nitrogen and oxygen atoms in total. The second-order valence-corrected chi connectivity index (χ2v) is 11.7. The number of aryl methyl sites for hydroxylation is 3. The van der Waals surface area contributed by atoms with Gasteiger partial charge in [0.1, 0.15) is 0 Å². The van der Waals surface area contributed by atoms with Crippen LogP contribution in [0.4, 0.5) is 5.69 Å². The van der Waals surface area contributed by atoms with Crippen LogP contribution in [-0.4, -0.2) is 51.0 Å². The van der Waals surface area contributed by atoms with Gasteiger partial charge in [-0.2, -0.15) is 0 Å². The number of nitrogens with zero attached hydrogens (tertiary/aromatic N) is 4. The van der Waals surface area contributed by atoms with Crippen molar-refractivity contribution in [2.24, 2.45) is 0 Å². The third-order valence-corrected chi connectivity index (χ3v) is 8.17. The van der Waals surface area contributed by atoms with E-state index in [0.717, 1.165) is 51.5 Å². The first-order chi connectivity index (χ1) is 18.9. The summed E-state index contributed by atoms with van der Waals surface area (Å²) in [6, 6.07) is 15.9. The van der Waals surface area contributed by atoms with Gasteiger partial charge >= 0.3 is 0 Å². The van der Waals surface area contributed by atoms with Crippen molar-refractivity contribution in [1.29, 1.82) is 0 Å². The number of rotatable bonds is 5. The Balaban J connectivity index is 1.22. The number of nitrogens with one attached hydrogen (secondary N) is 2. The van der Waals surface area contributed by atoms with Gasteiger partial charge in [-0.05, 0) is 88.3 Å². The fraction of sp³-hybridized carbons (Fsp3) is 0.300. The van der Waals surface area contributed by atoms with Gasteiger partial charge in [0.15, 0.2) is 0 Å². The molecule has 4 aromatic rings. The zero-order valence-electron chi connectivity index (χ0n) is 21.7. The van der Waals surface area contributed by atoms with Gasteiger partial charge in [-0.15, -0.1) is 0 Å². The zero-order chi connectivity index (χ0) is 26.9. The minimum atomic E-state index is -0.350. The number of benzene rings is 2. The second kappa shape index (κ2) is 11.2. The highest BCUT2D eigenvalue weighted by molar-refractivity contribution is 9.10. The number of aromatic nitrogens is 3. The van der Waals surface area contributed by atoms with Crippen molar-refractivity contribution in [3.8, 4) is 0 Å². The summed E-state index contributed by atoms with van der Waals surface area (Å²) in [5.41, 5.74) is 7.62. The molecule has 0 saturated carbocycles. The molecule has 2 atom stereocenters. The molecule has 1 fully saturated rings. The molecule has 1 amide bonds. The molecular formula is C30H30BrClN6O. The number of pyridine rings is 1. The van der Waals surface area contributed by atoms with Crippen LogP contribution in [0.25, 0.3) is 0 Å². The summed E-state index contributed by atoms with van der Waals surface area (Å²) >= 11 is 9.99. The van der Waals surface area contributed by atoms with Gasteiger partial charge in [0, 0.05) is 53.8 Å². The standard InChI is InChI=1S/C30H30BrClN6O/c1-19-15-37(18-35-19)16-20-3-2-4-25(11-20)36-30(39)27-17-38(10-9-33-27)29-26-8-7-24(32)13-21(26)5-6-22-12-23(31)14-34-28(22)29/h2-4,7-8,11-15,18,27,29,33H,5-6,9-10,16-17H2,1H3,(H,36,39)/t27-,29+/m1/s1. The fourth-order valence-corrected chi connectivity index (χ4v) is 6.28. The molecule has 0 unspecified atom stereocenters. The summed E-state index contributed by atoms with van der Waals surface area (Å²) in [4.78, 5) is 25.0. The van der Waals surface area contributed by atoms with E-state index in [1.165, 1.54) is 16.7 Å². The summed E-state index contributed by atoms with van der Waals surface area (Å²) in [6.07, 6.45) is 7.51. The molecule has 0 bridgehead atoms. The predicted octanol–water partition coefficient (Wildman–Crippen LogP) is 5.15. The molecule has 200 valence electrons. The van der Waals surface area contributed by atoms with E-state index in [4.69, 9.17) is 16.6 Å². The summed E-state index contributed by atoms with van der Waals surface area (Å²) in [5, 5.41) is 7.32. The smallest absolute Gasteiger partial charge is 0.242 e. The van der Waals surface area contributed by atoms with Gasteiger partial charge < -0.3 is 15.2 Å². The van der Waals surface area contributed by atoms with Crippen molar-refractivity contribution in [2.45, 2.75) is 38.4 Å². The van der Waals surface area contributed by atoms with E-state index in [1.54, 1.807) is 0 Å². The van der Waals surface area contributed by atoms with Gasteiger partial charge in [0.2, 0.25) is 5.91 Å². The Labute approximate surface area is 241 Å². The molecule has 2 N–H and O–H groups in total. The third-order valence-electron chi connectivity index (χ3n) is 7.50. The highest BCUT2D eigenvalue weighted by Gasteiger charge is 2.35. The first kappa shape index (κ1) is 26.2. The average molecular weight is 606 g/mol. The Bertz CT molecular complexity index is 1470. The van der Waals surface area contributed by atoms with Crippen molar-refractivity contribution in [1.82, 2.24) is 24.8 Å². The number of anilines is 1. The van der Waals surface area contributed by atoms with Gasteiger partial charge in [0.05, 0.1) is 29.8 Å². The molecule has 6 rings (SSSR count). The average Bonchev–Trinajstić information content (AvgIpc) is 3.26. The van der Waals surface area contributed by atoms with Crippen molar-refractivity contribution >= 4 is 39.1 Å². The van der Waals surface area contributed by atoms with Crippen LogP contribution in [0.1, 0.15) is 39.7 Å². The minimum absolute atomic E-state index is 0.0377. The number of carbonyl (C=O) groups is 1. The molecular weight excluding hydrogens is 576 g/mol. The Morgan fingerprint density at radius 1 is 1.15 bits per heavy atom. The first-order valence-electron chi connectivity index (χ1n) is 13.2. The van der Waals surface area contributed by atoms with Crippen LogP contribution in [0.15, 0.2) is 71.7 Å². The van der Waals surface area contributed by atoms with Gasteiger partial charge in [-0.25, -0.2) is 4.98 Å². The molecule has 2 aromatic carbocycles. The Morgan fingerprint density at radius 3 is 2.87 bits per heavy atom. The van der Waals surface area contributed by atoms with E-state index in [9.17, 15) is 4.79 Å². The molecule has 0 radical (unpaired) electrons. The Hall–Kier alpha value is -3.04. The summed E-state index contributed by atoms with van der Waals surface area (Å²) < 4.78 is 3.02.